The van der Waals surface area contributed by atoms with E-state index in [1.54, 1.807) is 7.11 Å². The Hall–Kier alpha value is -1.85. The minimum atomic E-state index is -0.787. The summed E-state index contributed by atoms with van der Waals surface area (Å²) in [5.41, 5.74) is 1.19. The maximum absolute atomic E-state index is 10.6. The minimum absolute atomic E-state index is 0.100. The molecule has 106 valence electrons. The molecule has 0 aliphatic heterocycles. The minimum Gasteiger partial charge on any atom is -0.497 e. The van der Waals surface area contributed by atoms with Gasteiger partial charge in [0.05, 0.1) is 13.5 Å². The Balaban J connectivity index is 1.80. The number of nitrogens with one attached hydrogen (secondary N) is 1. The third-order valence-corrected chi connectivity index (χ3v) is 3.92. The summed E-state index contributed by atoms with van der Waals surface area (Å²) >= 11 is 1.54. The van der Waals surface area contributed by atoms with Crippen LogP contribution in [0, 0.1) is 0 Å². The van der Waals surface area contributed by atoms with Gasteiger partial charge in [-0.2, -0.15) is 0 Å². The maximum Gasteiger partial charge on any atom is 0.308 e. The standard InChI is InChI=1S/C15H17NO3S/c1-19-12-4-2-11(3-5-12)9-16-10-14-7-6-13(20-14)8-15(17)18/h2-7,16H,8-10H2,1H3,(H,17,18). The quantitative estimate of drug-likeness (QED) is 0.823. The molecule has 0 saturated heterocycles. The number of hydrogen-bond acceptors (Lipinski definition) is 4. The van der Waals surface area contributed by atoms with Gasteiger partial charge in [-0.05, 0) is 29.8 Å². The molecule has 0 aliphatic rings. The van der Waals surface area contributed by atoms with Gasteiger partial charge in [0.1, 0.15) is 5.75 Å². The van der Waals surface area contributed by atoms with E-state index in [4.69, 9.17) is 9.84 Å². The van der Waals surface area contributed by atoms with E-state index in [-0.39, 0.29) is 6.42 Å². The number of aliphatic carboxylic acids is 1. The first-order chi connectivity index (χ1) is 9.67. The molecule has 1 aromatic carbocycles. The van der Waals surface area contributed by atoms with Crippen molar-refractivity contribution in [1.29, 1.82) is 0 Å². The van der Waals surface area contributed by atoms with Crippen LogP contribution in [0.5, 0.6) is 5.75 Å². The molecule has 0 aliphatic carbocycles. The zero-order chi connectivity index (χ0) is 14.4. The van der Waals surface area contributed by atoms with Crippen molar-refractivity contribution in [3.63, 3.8) is 0 Å². The van der Waals surface area contributed by atoms with Crippen LogP contribution < -0.4 is 10.1 Å². The van der Waals surface area contributed by atoms with Gasteiger partial charge >= 0.3 is 5.97 Å². The third kappa shape index (κ3) is 4.36. The van der Waals surface area contributed by atoms with Crippen molar-refractivity contribution >= 4 is 17.3 Å². The Bertz CT molecular complexity index is 563. The van der Waals surface area contributed by atoms with Crippen molar-refractivity contribution in [3.05, 3.63) is 51.7 Å². The average molecular weight is 291 g/mol. The molecule has 0 bridgehead atoms. The summed E-state index contributed by atoms with van der Waals surface area (Å²) in [7, 11) is 1.65. The summed E-state index contributed by atoms with van der Waals surface area (Å²) < 4.78 is 5.11. The van der Waals surface area contributed by atoms with Crippen LogP contribution in [0.2, 0.25) is 0 Å². The van der Waals surface area contributed by atoms with E-state index in [2.05, 4.69) is 5.32 Å². The van der Waals surface area contributed by atoms with Crippen LogP contribution >= 0.6 is 11.3 Å². The number of benzene rings is 1. The lowest BCUT2D eigenvalue weighted by atomic mass is 10.2. The highest BCUT2D eigenvalue weighted by Crippen LogP contribution is 2.17. The number of carbonyl (C=O) groups is 1. The molecule has 2 aromatic rings. The van der Waals surface area contributed by atoms with Gasteiger partial charge in [-0.15, -0.1) is 11.3 Å². The molecule has 4 nitrogen and oxygen atoms in total. The molecule has 0 saturated carbocycles. The number of hydrogen-bond donors (Lipinski definition) is 2. The highest BCUT2D eigenvalue weighted by atomic mass is 32.1. The molecule has 1 aromatic heterocycles. The molecule has 0 atom stereocenters. The van der Waals surface area contributed by atoms with E-state index >= 15 is 0 Å². The van der Waals surface area contributed by atoms with Gasteiger partial charge in [0, 0.05) is 22.8 Å². The third-order valence-electron chi connectivity index (χ3n) is 2.83. The van der Waals surface area contributed by atoms with Crippen molar-refractivity contribution in [2.45, 2.75) is 19.5 Å². The fourth-order valence-electron chi connectivity index (χ4n) is 1.83. The number of carboxylic acids is 1. The summed E-state index contributed by atoms with van der Waals surface area (Å²) in [5.74, 6) is 0.0647. The first kappa shape index (κ1) is 14.6. The van der Waals surface area contributed by atoms with Crippen LogP contribution in [0.3, 0.4) is 0 Å². The van der Waals surface area contributed by atoms with Gasteiger partial charge in [0.15, 0.2) is 0 Å². The van der Waals surface area contributed by atoms with Gasteiger partial charge in [-0.3, -0.25) is 4.79 Å². The van der Waals surface area contributed by atoms with Crippen molar-refractivity contribution < 1.29 is 14.6 Å². The fourth-order valence-corrected chi connectivity index (χ4v) is 2.81. The molecule has 0 unspecified atom stereocenters. The topological polar surface area (TPSA) is 58.6 Å². The van der Waals surface area contributed by atoms with E-state index in [1.807, 2.05) is 36.4 Å². The Kier molecular flexibility index (Phi) is 5.15. The Morgan fingerprint density at radius 2 is 1.85 bits per heavy atom. The average Bonchev–Trinajstić information content (AvgIpc) is 2.86. The Morgan fingerprint density at radius 3 is 2.50 bits per heavy atom. The van der Waals surface area contributed by atoms with E-state index in [0.29, 0.717) is 0 Å². The highest BCUT2D eigenvalue weighted by Gasteiger charge is 2.04. The van der Waals surface area contributed by atoms with Crippen molar-refractivity contribution in [2.75, 3.05) is 7.11 Å². The van der Waals surface area contributed by atoms with Crippen LogP contribution in [-0.4, -0.2) is 18.2 Å². The maximum atomic E-state index is 10.6. The normalized spacial score (nSPS) is 10.4. The second-order valence-corrected chi connectivity index (χ2v) is 5.64. The van der Waals surface area contributed by atoms with Crippen LogP contribution in [-0.2, 0) is 24.3 Å². The monoisotopic (exact) mass is 291 g/mol. The van der Waals surface area contributed by atoms with E-state index < -0.39 is 5.97 Å². The molecule has 2 rings (SSSR count). The van der Waals surface area contributed by atoms with Gasteiger partial charge in [-0.1, -0.05) is 12.1 Å². The molecular weight excluding hydrogens is 274 g/mol. The number of carboxylic acid groups (broad SMARTS) is 1. The summed E-state index contributed by atoms with van der Waals surface area (Å²) in [6.07, 6.45) is 0.100. The predicted octanol–water partition coefficient (Wildman–Crippen LogP) is 2.67. The van der Waals surface area contributed by atoms with Crippen LogP contribution in [0.4, 0.5) is 0 Å². The summed E-state index contributed by atoms with van der Waals surface area (Å²) in [4.78, 5) is 12.6. The number of thiophene rings is 1. The summed E-state index contributed by atoms with van der Waals surface area (Å²) in [5, 5.41) is 12.1. The molecule has 5 heteroatoms. The van der Waals surface area contributed by atoms with Gasteiger partial charge < -0.3 is 15.2 Å². The second kappa shape index (κ2) is 7.07. The highest BCUT2D eigenvalue weighted by molar-refractivity contribution is 7.12. The van der Waals surface area contributed by atoms with E-state index in [0.717, 1.165) is 28.6 Å². The molecule has 0 radical (unpaired) electrons. The predicted molar refractivity (Wildman–Crippen MR) is 79.2 cm³/mol. The lowest BCUT2D eigenvalue weighted by Crippen LogP contribution is -2.11. The zero-order valence-corrected chi connectivity index (χ0v) is 12.1. The number of methoxy groups -OCH3 is 1. The Labute approximate surface area is 122 Å². The van der Waals surface area contributed by atoms with Crippen LogP contribution in [0.1, 0.15) is 15.3 Å². The molecular formula is C15H17NO3S. The molecule has 0 fully saturated rings. The fraction of sp³-hybridized carbons (Fsp3) is 0.267. The SMILES string of the molecule is COc1ccc(CNCc2ccc(CC(=O)O)s2)cc1. The summed E-state index contributed by atoms with van der Waals surface area (Å²) in [6, 6.07) is 11.8. The Morgan fingerprint density at radius 1 is 1.15 bits per heavy atom. The molecule has 20 heavy (non-hydrogen) atoms. The molecule has 0 amide bonds. The lowest BCUT2D eigenvalue weighted by molar-refractivity contribution is -0.136. The van der Waals surface area contributed by atoms with Gasteiger partial charge in [-0.25, -0.2) is 0 Å². The molecule has 1 heterocycles. The van der Waals surface area contributed by atoms with Crippen molar-refractivity contribution in [3.8, 4) is 5.75 Å². The number of rotatable bonds is 7. The molecule has 2 N–H and O–H groups in total. The van der Waals surface area contributed by atoms with Gasteiger partial charge in [0.2, 0.25) is 0 Å². The van der Waals surface area contributed by atoms with Crippen molar-refractivity contribution in [2.24, 2.45) is 0 Å². The van der Waals surface area contributed by atoms with Gasteiger partial charge in [0.25, 0.3) is 0 Å². The summed E-state index contributed by atoms with van der Waals surface area (Å²) in [6.45, 7) is 1.52. The zero-order valence-electron chi connectivity index (χ0n) is 11.3. The first-order valence-electron chi connectivity index (χ1n) is 6.30. The first-order valence-corrected chi connectivity index (χ1v) is 7.12. The number of ether oxygens (including phenoxy) is 1. The lowest BCUT2D eigenvalue weighted by Gasteiger charge is -2.04. The second-order valence-electron chi connectivity index (χ2n) is 4.39. The van der Waals surface area contributed by atoms with Crippen LogP contribution in [0.25, 0.3) is 0 Å². The van der Waals surface area contributed by atoms with E-state index in [1.165, 1.54) is 16.9 Å². The smallest absolute Gasteiger partial charge is 0.308 e. The van der Waals surface area contributed by atoms with Crippen molar-refractivity contribution in [1.82, 2.24) is 5.32 Å². The molecule has 0 spiro atoms. The van der Waals surface area contributed by atoms with E-state index in [9.17, 15) is 4.79 Å². The largest absolute Gasteiger partial charge is 0.497 e. The van der Waals surface area contributed by atoms with Crippen LogP contribution in [0.15, 0.2) is 36.4 Å².